The summed E-state index contributed by atoms with van der Waals surface area (Å²) in [5, 5.41) is 9.70. The fraction of sp³-hybridized carbons (Fsp3) is 0.417. The summed E-state index contributed by atoms with van der Waals surface area (Å²) in [7, 11) is 0. The minimum atomic E-state index is 0.220. The summed E-state index contributed by atoms with van der Waals surface area (Å²) >= 11 is 1.36. The number of aromatic hydroxyl groups is 1. The highest BCUT2D eigenvalue weighted by Gasteiger charge is 2.03. The van der Waals surface area contributed by atoms with Crippen molar-refractivity contribution >= 4 is 16.9 Å². The Hall–Kier alpha value is -0.960. The van der Waals surface area contributed by atoms with E-state index in [0.29, 0.717) is 18.6 Å². The number of aryl methyl sites for hydroxylation is 2. The summed E-state index contributed by atoms with van der Waals surface area (Å²) in [6.45, 7) is 3.83. The van der Waals surface area contributed by atoms with Gasteiger partial charge in [0.05, 0.1) is 0 Å². The molecule has 0 aliphatic carbocycles. The van der Waals surface area contributed by atoms with E-state index in [0.717, 1.165) is 16.9 Å². The lowest BCUT2D eigenvalue weighted by Crippen LogP contribution is -1.95. The van der Waals surface area contributed by atoms with Gasteiger partial charge in [0, 0.05) is 6.42 Å². The highest BCUT2D eigenvalue weighted by Crippen LogP contribution is 2.19. The van der Waals surface area contributed by atoms with Crippen molar-refractivity contribution in [2.24, 2.45) is 0 Å². The van der Waals surface area contributed by atoms with Gasteiger partial charge in [-0.2, -0.15) is 0 Å². The van der Waals surface area contributed by atoms with Crippen LogP contribution in [0.2, 0.25) is 0 Å². The van der Waals surface area contributed by atoms with Gasteiger partial charge in [0.2, 0.25) is 0 Å². The van der Waals surface area contributed by atoms with Crippen LogP contribution in [-0.2, 0) is 11.2 Å². The van der Waals surface area contributed by atoms with Crippen molar-refractivity contribution in [1.29, 1.82) is 0 Å². The molecule has 0 aliphatic heterocycles. The summed E-state index contributed by atoms with van der Waals surface area (Å²) in [6, 6.07) is 5.57. The highest BCUT2D eigenvalue weighted by atomic mass is 32.2. The molecule has 0 aliphatic rings. The molecule has 1 rings (SSSR count). The Labute approximate surface area is 94.7 Å². The van der Waals surface area contributed by atoms with Crippen molar-refractivity contribution < 1.29 is 9.90 Å². The molecule has 1 aromatic rings. The molecule has 0 saturated carbocycles. The Morgan fingerprint density at radius 1 is 1.47 bits per heavy atom. The maximum atomic E-state index is 11.3. The van der Waals surface area contributed by atoms with Crippen molar-refractivity contribution in [1.82, 2.24) is 0 Å². The zero-order valence-corrected chi connectivity index (χ0v) is 9.93. The van der Waals surface area contributed by atoms with Gasteiger partial charge in [-0.15, -0.1) is 0 Å². The van der Waals surface area contributed by atoms with E-state index < -0.39 is 0 Å². The molecule has 1 aromatic carbocycles. The normalized spacial score (nSPS) is 10.3. The van der Waals surface area contributed by atoms with Crippen LogP contribution < -0.4 is 0 Å². The second-order valence-corrected chi connectivity index (χ2v) is 4.75. The molecule has 0 unspecified atom stereocenters. The van der Waals surface area contributed by atoms with Crippen molar-refractivity contribution in [3.05, 3.63) is 29.3 Å². The van der Waals surface area contributed by atoms with E-state index in [1.54, 1.807) is 6.07 Å². The van der Waals surface area contributed by atoms with Crippen molar-refractivity contribution in [2.45, 2.75) is 26.7 Å². The molecule has 0 fully saturated rings. The number of hydrogen-bond donors (Lipinski definition) is 1. The molecule has 15 heavy (non-hydrogen) atoms. The van der Waals surface area contributed by atoms with E-state index in [1.807, 2.05) is 26.0 Å². The molecule has 0 amide bonds. The predicted octanol–water partition coefficient (Wildman–Crippen LogP) is 2.91. The van der Waals surface area contributed by atoms with Gasteiger partial charge >= 0.3 is 0 Å². The van der Waals surface area contributed by atoms with Crippen LogP contribution in [0.3, 0.4) is 0 Å². The first-order valence-electron chi connectivity index (χ1n) is 5.07. The molecule has 0 bridgehead atoms. The van der Waals surface area contributed by atoms with Crippen molar-refractivity contribution in [3.8, 4) is 5.75 Å². The van der Waals surface area contributed by atoms with E-state index in [9.17, 15) is 9.90 Å². The lowest BCUT2D eigenvalue weighted by atomic mass is 10.1. The predicted molar refractivity (Wildman–Crippen MR) is 64.3 cm³/mol. The average Bonchev–Trinajstić information content (AvgIpc) is 2.20. The van der Waals surface area contributed by atoms with E-state index in [4.69, 9.17) is 0 Å². The molecule has 0 spiro atoms. The SMILES string of the molecule is CCSC(=O)CCc1ccc(C)c(O)c1. The second-order valence-electron chi connectivity index (χ2n) is 3.43. The minimum absolute atomic E-state index is 0.220. The molecule has 0 aromatic heterocycles. The third kappa shape index (κ3) is 3.96. The largest absolute Gasteiger partial charge is 0.508 e. The Kier molecular flexibility index (Phi) is 4.69. The van der Waals surface area contributed by atoms with Gasteiger partial charge in [0.1, 0.15) is 5.75 Å². The number of carbonyl (C=O) groups excluding carboxylic acids is 1. The lowest BCUT2D eigenvalue weighted by Gasteiger charge is -2.03. The monoisotopic (exact) mass is 224 g/mol. The number of phenolic OH excluding ortho intramolecular Hbond substituents is 1. The van der Waals surface area contributed by atoms with E-state index in [-0.39, 0.29) is 5.12 Å². The zero-order valence-electron chi connectivity index (χ0n) is 9.12. The molecule has 3 heteroatoms. The van der Waals surface area contributed by atoms with Crippen LogP contribution >= 0.6 is 11.8 Å². The molecule has 1 N–H and O–H groups in total. The Morgan fingerprint density at radius 2 is 2.20 bits per heavy atom. The van der Waals surface area contributed by atoms with Gasteiger partial charge in [0.15, 0.2) is 5.12 Å². The maximum absolute atomic E-state index is 11.3. The number of rotatable bonds is 4. The quantitative estimate of drug-likeness (QED) is 0.854. The molecule has 0 radical (unpaired) electrons. The van der Waals surface area contributed by atoms with Crippen LogP contribution in [0.1, 0.15) is 24.5 Å². The fourth-order valence-corrected chi connectivity index (χ4v) is 1.86. The van der Waals surface area contributed by atoms with Crippen molar-refractivity contribution in [3.63, 3.8) is 0 Å². The van der Waals surface area contributed by atoms with Gasteiger partial charge < -0.3 is 5.11 Å². The number of carbonyl (C=O) groups is 1. The third-order valence-corrected chi connectivity index (χ3v) is 3.01. The summed E-state index contributed by atoms with van der Waals surface area (Å²) in [6.07, 6.45) is 1.25. The molecule has 2 nitrogen and oxygen atoms in total. The third-order valence-electron chi connectivity index (χ3n) is 2.20. The van der Waals surface area contributed by atoms with Crippen LogP contribution in [0.25, 0.3) is 0 Å². The first-order valence-corrected chi connectivity index (χ1v) is 6.06. The first kappa shape index (κ1) is 12.1. The van der Waals surface area contributed by atoms with E-state index >= 15 is 0 Å². The van der Waals surface area contributed by atoms with Crippen LogP contribution in [-0.4, -0.2) is 16.0 Å². The average molecular weight is 224 g/mol. The van der Waals surface area contributed by atoms with Crippen LogP contribution in [0.15, 0.2) is 18.2 Å². The summed E-state index contributed by atoms with van der Waals surface area (Å²) in [5.74, 6) is 1.14. The van der Waals surface area contributed by atoms with Gasteiger partial charge in [-0.05, 0) is 36.3 Å². The van der Waals surface area contributed by atoms with Gasteiger partial charge in [-0.1, -0.05) is 30.8 Å². The summed E-state index contributed by atoms with van der Waals surface area (Å²) in [4.78, 5) is 11.3. The topological polar surface area (TPSA) is 37.3 Å². The maximum Gasteiger partial charge on any atom is 0.189 e. The van der Waals surface area contributed by atoms with E-state index in [1.165, 1.54) is 11.8 Å². The standard InChI is InChI=1S/C12H16O2S/c1-3-15-12(14)7-6-10-5-4-9(2)11(13)8-10/h4-5,8,13H,3,6-7H2,1-2H3. The second kappa shape index (κ2) is 5.81. The Balaban J connectivity index is 2.51. The van der Waals surface area contributed by atoms with Crippen LogP contribution in [0.5, 0.6) is 5.75 Å². The van der Waals surface area contributed by atoms with Gasteiger partial charge in [0.25, 0.3) is 0 Å². The zero-order chi connectivity index (χ0) is 11.3. The number of benzene rings is 1. The fourth-order valence-electron chi connectivity index (χ4n) is 1.29. The minimum Gasteiger partial charge on any atom is -0.508 e. The molecular weight excluding hydrogens is 208 g/mol. The molecular formula is C12H16O2S. The molecule has 82 valence electrons. The first-order chi connectivity index (χ1) is 7.13. The van der Waals surface area contributed by atoms with E-state index in [2.05, 4.69) is 0 Å². The smallest absolute Gasteiger partial charge is 0.189 e. The number of phenols is 1. The lowest BCUT2D eigenvalue weighted by molar-refractivity contribution is -0.110. The molecule has 0 heterocycles. The summed E-state index contributed by atoms with van der Waals surface area (Å²) in [5.41, 5.74) is 1.89. The molecule has 0 atom stereocenters. The molecule has 0 saturated heterocycles. The Bertz CT molecular complexity index is 347. The Morgan fingerprint density at radius 3 is 2.80 bits per heavy atom. The van der Waals surface area contributed by atoms with Crippen molar-refractivity contribution in [2.75, 3.05) is 5.75 Å². The summed E-state index contributed by atoms with van der Waals surface area (Å²) < 4.78 is 0. The van der Waals surface area contributed by atoms with Crippen LogP contribution in [0.4, 0.5) is 0 Å². The number of thioether (sulfide) groups is 1. The van der Waals surface area contributed by atoms with Gasteiger partial charge in [-0.25, -0.2) is 0 Å². The highest BCUT2D eigenvalue weighted by molar-refractivity contribution is 8.13. The van der Waals surface area contributed by atoms with Crippen LogP contribution in [0, 0.1) is 6.92 Å². The van der Waals surface area contributed by atoms with Gasteiger partial charge in [-0.3, -0.25) is 4.79 Å². The number of hydrogen-bond acceptors (Lipinski definition) is 3.